The second-order valence-electron chi connectivity index (χ2n) is 4.50. The zero-order valence-corrected chi connectivity index (χ0v) is 11.4. The van der Waals surface area contributed by atoms with Crippen molar-refractivity contribution in [3.8, 4) is 0 Å². The first-order chi connectivity index (χ1) is 9.04. The summed E-state index contributed by atoms with van der Waals surface area (Å²) in [5.74, 6) is -0.434. The van der Waals surface area contributed by atoms with Gasteiger partial charge in [-0.15, -0.1) is 0 Å². The molecule has 1 aromatic carbocycles. The molecule has 0 unspecified atom stereocenters. The maximum absolute atomic E-state index is 11.8. The molecule has 1 atom stereocenters. The summed E-state index contributed by atoms with van der Waals surface area (Å²) >= 11 is 0. The highest BCUT2D eigenvalue weighted by atomic mass is 16.2. The summed E-state index contributed by atoms with van der Waals surface area (Å²) in [6.45, 7) is 1.97. The molecule has 0 saturated carbocycles. The fraction of sp³-hybridized carbons (Fsp3) is 0.429. The number of hydrogen-bond acceptors (Lipinski definition) is 3. The van der Waals surface area contributed by atoms with Crippen LogP contribution >= 0.6 is 0 Å². The minimum atomic E-state index is -0.528. The molecule has 0 bridgehead atoms. The first kappa shape index (κ1) is 15.2. The second-order valence-corrected chi connectivity index (χ2v) is 4.50. The number of carbonyl (C=O) groups excluding carboxylic acids is 2. The molecular formula is C14H21N3O2. The third kappa shape index (κ3) is 5.09. The van der Waals surface area contributed by atoms with Crippen molar-refractivity contribution < 1.29 is 9.59 Å². The van der Waals surface area contributed by atoms with Gasteiger partial charge in [0.05, 0.1) is 12.6 Å². The standard InChI is InChI=1S/C14H21N3O2/c1-3-7-12(15)14(19)17(2)10-13(18)16-11-8-5-4-6-9-11/h4-6,8-9,12H,3,7,10,15H2,1-2H3,(H,16,18)/t12-/m1/s1. The highest BCUT2D eigenvalue weighted by molar-refractivity contribution is 5.95. The first-order valence-electron chi connectivity index (χ1n) is 6.40. The van der Waals surface area contributed by atoms with Crippen molar-refractivity contribution in [2.45, 2.75) is 25.8 Å². The maximum atomic E-state index is 11.8. The first-order valence-corrected chi connectivity index (χ1v) is 6.40. The van der Waals surface area contributed by atoms with Crippen molar-refractivity contribution in [2.24, 2.45) is 5.73 Å². The molecule has 0 saturated heterocycles. The summed E-state index contributed by atoms with van der Waals surface area (Å²) in [5, 5.41) is 2.72. The van der Waals surface area contributed by atoms with E-state index in [1.54, 1.807) is 19.2 Å². The lowest BCUT2D eigenvalue weighted by molar-refractivity contribution is -0.134. The highest BCUT2D eigenvalue weighted by Crippen LogP contribution is 2.05. The fourth-order valence-electron chi connectivity index (χ4n) is 1.73. The number of hydrogen-bond donors (Lipinski definition) is 2. The van der Waals surface area contributed by atoms with Gasteiger partial charge >= 0.3 is 0 Å². The summed E-state index contributed by atoms with van der Waals surface area (Å²) in [6.07, 6.45) is 1.47. The Hall–Kier alpha value is -1.88. The van der Waals surface area contributed by atoms with Crippen molar-refractivity contribution in [3.05, 3.63) is 30.3 Å². The molecule has 0 fully saturated rings. The lowest BCUT2D eigenvalue weighted by atomic mass is 10.1. The number of anilines is 1. The number of likely N-dealkylation sites (N-methyl/N-ethyl adjacent to an activating group) is 1. The zero-order valence-electron chi connectivity index (χ0n) is 11.4. The van der Waals surface area contributed by atoms with E-state index >= 15 is 0 Å². The minimum Gasteiger partial charge on any atom is -0.335 e. The van der Waals surface area contributed by atoms with E-state index in [9.17, 15) is 9.59 Å². The summed E-state index contributed by atoms with van der Waals surface area (Å²) < 4.78 is 0. The molecule has 0 aliphatic heterocycles. The molecule has 0 spiro atoms. The molecule has 5 nitrogen and oxygen atoms in total. The van der Waals surface area contributed by atoms with Gasteiger partial charge < -0.3 is 16.0 Å². The Labute approximate surface area is 113 Å². The molecule has 2 amide bonds. The minimum absolute atomic E-state index is 0.00510. The lowest BCUT2D eigenvalue weighted by Gasteiger charge is -2.20. The van der Waals surface area contributed by atoms with Gasteiger partial charge in [-0.05, 0) is 18.6 Å². The largest absolute Gasteiger partial charge is 0.335 e. The van der Waals surface area contributed by atoms with Crippen LogP contribution in [0.2, 0.25) is 0 Å². The van der Waals surface area contributed by atoms with E-state index < -0.39 is 6.04 Å². The molecule has 0 heterocycles. The van der Waals surface area contributed by atoms with Gasteiger partial charge in [-0.25, -0.2) is 0 Å². The van der Waals surface area contributed by atoms with E-state index in [-0.39, 0.29) is 18.4 Å². The van der Waals surface area contributed by atoms with Crippen LogP contribution in [0.3, 0.4) is 0 Å². The number of amides is 2. The summed E-state index contributed by atoms with van der Waals surface area (Å²) in [7, 11) is 1.59. The summed E-state index contributed by atoms with van der Waals surface area (Å²) in [4.78, 5) is 25.0. The van der Waals surface area contributed by atoms with Gasteiger partial charge in [-0.2, -0.15) is 0 Å². The van der Waals surface area contributed by atoms with Crippen LogP contribution in [0.25, 0.3) is 0 Å². The molecule has 19 heavy (non-hydrogen) atoms. The Morgan fingerprint density at radius 3 is 2.53 bits per heavy atom. The molecule has 5 heteroatoms. The highest BCUT2D eigenvalue weighted by Gasteiger charge is 2.19. The average Bonchev–Trinajstić information content (AvgIpc) is 2.39. The number of nitrogens with zero attached hydrogens (tertiary/aromatic N) is 1. The summed E-state index contributed by atoms with van der Waals surface area (Å²) in [5.41, 5.74) is 6.45. The van der Waals surface area contributed by atoms with Crippen LogP contribution in [0, 0.1) is 0 Å². The van der Waals surface area contributed by atoms with E-state index in [4.69, 9.17) is 5.73 Å². The van der Waals surface area contributed by atoms with Gasteiger partial charge in [0.1, 0.15) is 0 Å². The number of nitrogens with one attached hydrogen (secondary N) is 1. The van der Waals surface area contributed by atoms with Gasteiger partial charge in [0.2, 0.25) is 11.8 Å². The van der Waals surface area contributed by atoms with Crippen LogP contribution in [0.1, 0.15) is 19.8 Å². The molecule has 0 aliphatic carbocycles. The zero-order chi connectivity index (χ0) is 14.3. The smallest absolute Gasteiger partial charge is 0.243 e. The van der Waals surface area contributed by atoms with E-state index in [1.807, 2.05) is 25.1 Å². The molecule has 1 rings (SSSR count). The predicted molar refractivity (Wildman–Crippen MR) is 75.6 cm³/mol. The van der Waals surface area contributed by atoms with Gasteiger partial charge in [0, 0.05) is 12.7 Å². The lowest BCUT2D eigenvalue weighted by Crippen LogP contribution is -2.44. The number of nitrogens with two attached hydrogens (primary N) is 1. The van der Waals surface area contributed by atoms with Crippen LogP contribution in [-0.4, -0.2) is 36.3 Å². The predicted octanol–water partition coefficient (Wildman–Crippen LogP) is 1.21. The van der Waals surface area contributed by atoms with E-state index in [1.165, 1.54) is 4.90 Å². The van der Waals surface area contributed by atoms with Gasteiger partial charge in [0.15, 0.2) is 0 Å². The Morgan fingerprint density at radius 2 is 1.95 bits per heavy atom. The Balaban J connectivity index is 2.46. The molecule has 0 aromatic heterocycles. The number of para-hydroxylation sites is 1. The molecule has 3 N–H and O–H groups in total. The van der Waals surface area contributed by atoms with Crippen LogP contribution < -0.4 is 11.1 Å². The average molecular weight is 263 g/mol. The number of carbonyl (C=O) groups is 2. The second kappa shape index (κ2) is 7.53. The molecule has 104 valence electrons. The fourth-order valence-corrected chi connectivity index (χ4v) is 1.73. The normalized spacial score (nSPS) is 11.7. The Bertz CT molecular complexity index is 420. The SMILES string of the molecule is CCC[C@@H](N)C(=O)N(C)CC(=O)Nc1ccccc1. The van der Waals surface area contributed by atoms with E-state index in [0.29, 0.717) is 12.1 Å². The third-order valence-corrected chi connectivity index (χ3v) is 2.73. The van der Waals surface area contributed by atoms with Crippen LogP contribution in [0.15, 0.2) is 30.3 Å². The van der Waals surface area contributed by atoms with E-state index in [2.05, 4.69) is 5.32 Å². The summed E-state index contributed by atoms with van der Waals surface area (Å²) in [6, 6.07) is 8.60. The maximum Gasteiger partial charge on any atom is 0.243 e. The molecule has 1 aromatic rings. The Morgan fingerprint density at radius 1 is 1.32 bits per heavy atom. The number of benzene rings is 1. The van der Waals surface area contributed by atoms with E-state index in [0.717, 1.165) is 6.42 Å². The number of rotatable bonds is 6. The van der Waals surface area contributed by atoms with Crippen molar-refractivity contribution in [2.75, 3.05) is 18.9 Å². The van der Waals surface area contributed by atoms with Crippen LogP contribution in [0.4, 0.5) is 5.69 Å². The van der Waals surface area contributed by atoms with Gasteiger partial charge in [0.25, 0.3) is 0 Å². The third-order valence-electron chi connectivity index (χ3n) is 2.73. The molecule has 0 aliphatic rings. The van der Waals surface area contributed by atoms with Gasteiger partial charge in [-0.1, -0.05) is 31.5 Å². The monoisotopic (exact) mass is 263 g/mol. The molecular weight excluding hydrogens is 242 g/mol. The van der Waals surface area contributed by atoms with Crippen LogP contribution in [-0.2, 0) is 9.59 Å². The quantitative estimate of drug-likeness (QED) is 0.810. The van der Waals surface area contributed by atoms with Crippen molar-refractivity contribution >= 4 is 17.5 Å². The van der Waals surface area contributed by atoms with Crippen molar-refractivity contribution in [3.63, 3.8) is 0 Å². The van der Waals surface area contributed by atoms with Crippen LogP contribution in [0.5, 0.6) is 0 Å². The topological polar surface area (TPSA) is 75.4 Å². The Kier molecular flexibility index (Phi) is 6.02. The molecule has 0 radical (unpaired) electrons. The van der Waals surface area contributed by atoms with Crippen molar-refractivity contribution in [1.29, 1.82) is 0 Å². The van der Waals surface area contributed by atoms with Gasteiger partial charge in [-0.3, -0.25) is 9.59 Å². The van der Waals surface area contributed by atoms with Crippen molar-refractivity contribution in [1.82, 2.24) is 4.90 Å².